The maximum absolute atomic E-state index is 12.4. The molecule has 0 radical (unpaired) electrons. The number of nitrogens with one attached hydrogen (secondary N) is 1. The predicted octanol–water partition coefficient (Wildman–Crippen LogP) is 1.78. The number of morpholine rings is 1. The summed E-state index contributed by atoms with van der Waals surface area (Å²) in [4.78, 5) is 41.3. The Hall–Kier alpha value is -1.97. The van der Waals surface area contributed by atoms with E-state index >= 15 is 0 Å². The van der Waals surface area contributed by atoms with Crippen LogP contribution in [0.15, 0.2) is 6.07 Å². The summed E-state index contributed by atoms with van der Waals surface area (Å²) < 4.78 is 10.3. The second-order valence-corrected chi connectivity index (χ2v) is 8.06. The lowest BCUT2D eigenvalue weighted by Crippen LogP contribution is -2.46. The summed E-state index contributed by atoms with van der Waals surface area (Å²) in [6.45, 7) is 8.51. The molecule has 0 saturated carbocycles. The van der Waals surface area contributed by atoms with Gasteiger partial charge in [0.25, 0.3) is 0 Å². The third-order valence-corrected chi connectivity index (χ3v) is 5.60. The van der Waals surface area contributed by atoms with Gasteiger partial charge in [-0.25, -0.2) is 4.79 Å². The lowest BCUT2D eigenvalue weighted by atomic mass is 10.1. The van der Waals surface area contributed by atoms with E-state index in [-0.39, 0.29) is 37.4 Å². The minimum absolute atomic E-state index is 0.0240. The zero-order valence-electron chi connectivity index (χ0n) is 16.9. The summed E-state index contributed by atoms with van der Waals surface area (Å²) in [5, 5.41) is 3.29. The molecule has 1 fully saturated rings. The zero-order valence-corrected chi connectivity index (χ0v) is 17.8. The lowest BCUT2D eigenvalue weighted by molar-refractivity contribution is -0.136. The molecular weight excluding hydrogens is 382 g/mol. The number of hydrogen-bond acceptors (Lipinski definition) is 7. The van der Waals surface area contributed by atoms with Crippen molar-refractivity contribution in [2.75, 3.05) is 58.4 Å². The van der Waals surface area contributed by atoms with Crippen LogP contribution in [-0.2, 0) is 19.1 Å². The number of amides is 2. The van der Waals surface area contributed by atoms with Gasteiger partial charge in [-0.3, -0.25) is 14.5 Å². The number of carbonyl (C=O) groups is 3. The van der Waals surface area contributed by atoms with Gasteiger partial charge in [0, 0.05) is 18.0 Å². The Morgan fingerprint density at radius 1 is 1.29 bits per heavy atom. The van der Waals surface area contributed by atoms with E-state index in [1.54, 1.807) is 29.8 Å². The monoisotopic (exact) mass is 411 g/mol. The fourth-order valence-electron chi connectivity index (χ4n) is 2.76. The highest BCUT2D eigenvalue weighted by Crippen LogP contribution is 2.33. The molecule has 0 unspecified atom stereocenters. The highest BCUT2D eigenvalue weighted by molar-refractivity contribution is 7.16. The van der Waals surface area contributed by atoms with E-state index in [1.807, 2.05) is 13.8 Å². The Balaban J connectivity index is 1.95. The number of nitrogens with zero attached hydrogens (tertiary/aromatic N) is 2. The predicted molar refractivity (Wildman–Crippen MR) is 108 cm³/mol. The van der Waals surface area contributed by atoms with Crippen LogP contribution in [-0.4, -0.2) is 80.6 Å². The molecule has 0 atom stereocenters. The second kappa shape index (κ2) is 10.5. The molecule has 1 N–H and O–H groups in total. The molecule has 28 heavy (non-hydrogen) atoms. The van der Waals surface area contributed by atoms with Crippen molar-refractivity contribution < 1.29 is 23.9 Å². The van der Waals surface area contributed by atoms with Gasteiger partial charge in [-0.15, -0.1) is 11.3 Å². The summed E-state index contributed by atoms with van der Waals surface area (Å²) in [6, 6.07) is 1.77. The normalized spacial score (nSPS) is 14.4. The average Bonchev–Trinajstić information content (AvgIpc) is 3.06. The first-order valence-corrected chi connectivity index (χ1v) is 10.3. The van der Waals surface area contributed by atoms with Crippen LogP contribution in [0.4, 0.5) is 5.00 Å². The largest absolute Gasteiger partial charge is 0.462 e. The van der Waals surface area contributed by atoms with Crippen molar-refractivity contribution in [1.29, 1.82) is 0 Å². The molecule has 2 heterocycles. The standard InChI is InChI=1S/C19H29N3O5S/c1-5-27-19(25)14-10-15(13(2)3)28-18(14)20-16(23)11-21(4)12-17(24)22-6-8-26-9-7-22/h10,13H,5-9,11-12H2,1-4H3,(H,20,23). The van der Waals surface area contributed by atoms with Gasteiger partial charge in [0.2, 0.25) is 11.8 Å². The Morgan fingerprint density at radius 3 is 2.57 bits per heavy atom. The molecule has 2 amide bonds. The molecule has 1 aliphatic heterocycles. The van der Waals surface area contributed by atoms with Crippen LogP contribution in [0.2, 0.25) is 0 Å². The minimum Gasteiger partial charge on any atom is -0.462 e. The van der Waals surface area contributed by atoms with Crippen molar-refractivity contribution in [1.82, 2.24) is 9.80 Å². The highest BCUT2D eigenvalue weighted by Gasteiger charge is 2.22. The van der Waals surface area contributed by atoms with Gasteiger partial charge in [0.05, 0.1) is 38.5 Å². The number of rotatable bonds is 8. The Labute approximate surface area is 169 Å². The van der Waals surface area contributed by atoms with E-state index in [9.17, 15) is 14.4 Å². The molecule has 0 aliphatic carbocycles. The van der Waals surface area contributed by atoms with Crippen LogP contribution in [0.3, 0.4) is 0 Å². The van der Waals surface area contributed by atoms with Crippen molar-refractivity contribution in [2.24, 2.45) is 0 Å². The fraction of sp³-hybridized carbons (Fsp3) is 0.632. The van der Waals surface area contributed by atoms with E-state index in [2.05, 4.69) is 5.32 Å². The number of hydrogen-bond donors (Lipinski definition) is 1. The number of anilines is 1. The maximum atomic E-state index is 12.4. The van der Waals surface area contributed by atoms with Gasteiger partial charge in [0.1, 0.15) is 5.00 Å². The van der Waals surface area contributed by atoms with Crippen LogP contribution in [0.1, 0.15) is 41.9 Å². The first-order chi connectivity index (χ1) is 13.3. The molecule has 0 bridgehead atoms. The van der Waals surface area contributed by atoms with Crippen LogP contribution in [0, 0.1) is 0 Å². The summed E-state index contributed by atoms with van der Waals surface area (Å²) in [7, 11) is 1.72. The highest BCUT2D eigenvalue weighted by atomic mass is 32.1. The Kier molecular flexibility index (Phi) is 8.40. The van der Waals surface area contributed by atoms with E-state index < -0.39 is 5.97 Å². The van der Waals surface area contributed by atoms with Gasteiger partial charge >= 0.3 is 5.97 Å². The summed E-state index contributed by atoms with van der Waals surface area (Å²) in [5.74, 6) is -0.515. The van der Waals surface area contributed by atoms with E-state index in [1.165, 1.54) is 11.3 Å². The fourth-order valence-corrected chi connectivity index (χ4v) is 3.82. The molecule has 156 valence electrons. The molecule has 1 aromatic rings. The molecule has 8 nitrogen and oxygen atoms in total. The number of ether oxygens (including phenoxy) is 2. The van der Waals surface area contributed by atoms with E-state index in [0.29, 0.717) is 36.9 Å². The molecule has 0 spiro atoms. The minimum atomic E-state index is -0.447. The summed E-state index contributed by atoms with van der Waals surface area (Å²) in [6.07, 6.45) is 0. The molecule has 1 aliphatic rings. The third-order valence-electron chi connectivity index (χ3n) is 4.25. The van der Waals surface area contributed by atoms with Crippen LogP contribution >= 0.6 is 11.3 Å². The Morgan fingerprint density at radius 2 is 1.96 bits per heavy atom. The molecule has 1 aromatic heterocycles. The lowest BCUT2D eigenvalue weighted by Gasteiger charge is -2.28. The SMILES string of the molecule is CCOC(=O)c1cc(C(C)C)sc1NC(=O)CN(C)CC(=O)N1CCOCC1. The summed E-state index contributed by atoms with van der Waals surface area (Å²) in [5.41, 5.74) is 0.371. The molecule has 1 saturated heterocycles. The van der Waals surface area contributed by atoms with Crippen LogP contribution < -0.4 is 5.32 Å². The number of likely N-dealkylation sites (N-methyl/N-ethyl adjacent to an activating group) is 1. The van der Waals surface area contributed by atoms with E-state index in [0.717, 1.165) is 4.88 Å². The van der Waals surface area contributed by atoms with Gasteiger partial charge in [-0.2, -0.15) is 0 Å². The smallest absolute Gasteiger partial charge is 0.341 e. The van der Waals surface area contributed by atoms with E-state index in [4.69, 9.17) is 9.47 Å². The van der Waals surface area contributed by atoms with Gasteiger partial charge in [0.15, 0.2) is 0 Å². The van der Waals surface area contributed by atoms with Crippen molar-refractivity contribution in [3.8, 4) is 0 Å². The Bertz CT molecular complexity index is 698. The molecular formula is C19H29N3O5S. The third kappa shape index (κ3) is 6.29. The number of thiophene rings is 1. The van der Waals surface area contributed by atoms with Gasteiger partial charge in [-0.05, 0) is 26.0 Å². The van der Waals surface area contributed by atoms with Crippen molar-refractivity contribution in [2.45, 2.75) is 26.7 Å². The summed E-state index contributed by atoms with van der Waals surface area (Å²) >= 11 is 1.37. The first-order valence-electron chi connectivity index (χ1n) is 9.46. The maximum Gasteiger partial charge on any atom is 0.341 e. The molecule has 0 aromatic carbocycles. The average molecular weight is 412 g/mol. The van der Waals surface area contributed by atoms with Gasteiger partial charge in [-0.1, -0.05) is 13.8 Å². The van der Waals surface area contributed by atoms with Crippen LogP contribution in [0.25, 0.3) is 0 Å². The topological polar surface area (TPSA) is 88.2 Å². The van der Waals surface area contributed by atoms with Crippen molar-refractivity contribution in [3.63, 3.8) is 0 Å². The number of carbonyl (C=O) groups excluding carboxylic acids is 3. The second-order valence-electron chi connectivity index (χ2n) is 6.98. The zero-order chi connectivity index (χ0) is 20.7. The van der Waals surface area contributed by atoms with Crippen molar-refractivity contribution in [3.05, 3.63) is 16.5 Å². The van der Waals surface area contributed by atoms with Crippen LogP contribution in [0.5, 0.6) is 0 Å². The first kappa shape index (κ1) is 22.3. The molecule has 9 heteroatoms. The van der Waals surface area contributed by atoms with Crippen molar-refractivity contribution >= 4 is 34.1 Å². The van der Waals surface area contributed by atoms with Gasteiger partial charge < -0.3 is 19.7 Å². The number of esters is 1. The quantitative estimate of drug-likeness (QED) is 0.656. The molecule has 2 rings (SSSR count).